The van der Waals surface area contributed by atoms with Crippen LogP contribution in [-0.2, 0) is 19.9 Å². The molecule has 1 aromatic carbocycles. The normalized spacial score (nSPS) is 14.1. The van der Waals surface area contributed by atoms with Crippen LogP contribution >= 0.6 is 11.8 Å². The maximum absolute atomic E-state index is 6.24. The van der Waals surface area contributed by atoms with Gasteiger partial charge < -0.3 is 9.47 Å². The van der Waals surface area contributed by atoms with Crippen LogP contribution in [0.4, 0.5) is 5.69 Å². The Bertz CT molecular complexity index is 834. The molecule has 0 atom stereocenters. The number of rotatable bonds is 8. The number of fused-ring (bicyclic) bond motifs is 1. The zero-order valence-electron chi connectivity index (χ0n) is 17.6. The number of hydrogen-bond acceptors (Lipinski definition) is 2. The molecule has 0 fully saturated rings. The molecule has 1 aliphatic heterocycles. The Kier molecular flexibility index (Phi) is 6.41. The molecule has 2 aromatic rings. The highest BCUT2D eigenvalue weighted by molar-refractivity contribution is 6.14. The van der Waals surface area contributed by atoms with Gasteiger partial charge in [-0.2, -0.15) is 0 Å². The maximum Gasteiger partial charge on any atom is 0.110 e. The maximum atomic E-state index is 6.24. The van der Waals surface area contributed by atoms with Crippen molar-refractivity contribution in [3.63, 3.8) is 0 Å². The molecule has 3 nitrogen and oxygen atoms in total. The van der Waals surface area contributed by atoms with Crippen molar-refractivity contribution in [3.05, 3.63) is 40.9 Å². The van der Waals surface area contributed by atoms with Crippen molar-refractivity contribution in [2.24, 2.45) is 7.05 Å². The molecule has 0 spiro atoms. The van der Waals surface area contributed by atoms with Crippen molar-refractivity contribution in [2.45, 2.75) is 72.6 Å². The first kappa shape index (κ1) is 20.1. The van der Waals surface area contributed by atoms with E-state index in [1.807, 2.05) is 6.20 Å². The summed E-state index contributed by atoms with van der Waals surface area (Å²) in [6.07, 6.45) is 12.7. The summed E-state index contributed by atoms with van der Waals surface area (Å²) in [5, 5.41) is 1.45. The Morgan fingerprint density at radius 1 is 0.963 bits per heavy atom. The molecule has 4 heteroatoms. The number of aryl methyl sites for hydroxylation is 4. The van der Waals surface area contributed by atoms with Gasteiger partial charge in [-0.1, -0.05) is 45.6 Å². The molecule has 0 saturated heterocycles. The summed E-state index contributed by atoms with van der Waals surface area (Å²) in [4.78, 5) is 2.30. The summed E-state index contributed by atoms with van der Waals surface area (Å²) >= 11 is 6.24. The van der Waals surface area contributed by atoms with Crippen molar-refractivity contribution >= 4 is 28.4 Å². The van der Waals surface area contributed by atoms with E-state index in [-0.39, 0.29) is 0 Å². The number of aromatic nitrogens is 1. The van der Waals surface area contributed by atoms with Crippen LogP contribution < -0.4 is 4.90 Å². The number of nitrogens with zero attached hydrogens (tertiary/aromatic N) is 3. The second kappa shape index (κ2) is 8.60. The number of unbranched alkanes of at least 4 members (excludes halogenated alkanes) is 3. The first-order valence-corrected chi connectivity index (χ1v) is 10.8. The molecule has 0 amide bonds. The molecule has 0 radical (unpaired) electrons. The van der Waals surface area contributed by atoms with Crippen molar-refractivity contribution in [1.82, 2.24) is 8.99 Å². The van der Waals surface area contributed by atoms with E-state index in [0.717, 1.165) is 6.42 Å². The first-order valence-electron chi connectivity index (χ1n) is 10.5. The van der Waals surface area contributed by atoms with E-state index in [2.05, 4.69) is 56.5 Å². The van der Waals surface area contributed by atoms with Gasteiger partial charge >= 0.3 is 0 Å². The third kappa shape index (κ3) is 3.85. The van der Waals surface area contributed by atoms with Gasteiger partial charge in [0.1, 0.15) is 6.67 Å². The lowest BCUT2D eigenvalue weighted by Gasteiger charge is -2.22. The highest BCUT2D eigenvalue weighted by atomic mass is 35.5. The third-order valence-corrected chi connectivity index (χ3v) is 6.01. The largest absolute Gasteiger partial charge is 0.347 e. The lowest BCUT2D eigenvalue weighted by molar-refractivity contribution is 0.649. The average Bonchev–Trinajstić information content (AvgIpc) is 3.16. The van der Waals surface area contributed by atoms with Crippen LogP contribution in [0.2, 0.25) is 0 Å². The zero-order valence-corrected chi connectivity index (χ0v) is 18.4. The van der Waals surface area contributed by atoms with Gasteiger partial charge in [0.05, 0.1) is 11.2 Å². The van der Waals surface area contributed by atoms with Crippen LogP contribution in [0.1, 0.15) is 68.3 Å². The van der Waals surface area contributed by atoms with Crippen LogP contribution in [0.15, 0.2) is 18.5 Å². The van der Waals surface area contributed by atoms with Crippen LogP contribution in [-0.4, -0.2) is 15.7 Å². The van der Waals surface area contributed by atoms with Crippen LogP contribution in [0.25, 0.3) is 10.9 Å². The fraction of sp³-hybridized carbons (Fsp3) is 0.565. The quantitative estimate of drug-likeness (QED) is 0.374. The minimum atomic E-state index is 0.702. The van der Waals surface area contributed by atoms with E-state index < -0.39 is 0 Å². The Labute approximate surface area is 169 Å². The third-order valence-electron chi connectivity index (χ3n) is 5.79. The molecule has 0 bridgehead atoms. The second-order valence-electron chi connectivity index (χ2n) is 7.94. The molecule has 0 unspecified atom stereocenters. The molecule has 2 heterocycles. The summed E-state index contributed by atoms with van der Waals surface area (Å²) in [5.41, 5.74) is 8.51. The highest BCUT2D eigenvalue weighted by Crippen LogP contribution is 2.40. The van der Waals surface area contributed by atoms with Crippen molar-refractivity contribution < 1.29 is 0 Å². The smallest absolute Gasteiger partial charge is 0.110 e. The Hall–Kier alpha value is -1.61. The zero-order chi connectivity index (χ0) is 19.6. The summed E-state index contributed by atoms with van der Waals surface area (Å²) < 4.78 is 4.19. The molecule has 27 heavy (non-hydrogen) atoms. The number of hydrogen-bond donors (Lipinski definition) is 0. The monoisotopic (exact) mass is 387 g/mol. The lowest BCUT2D eigenvalue weighted by atomic mass is 9.96. The van der Waals surface area contributed by atoms with E-state index in [1.165, 1.54) is 71.9 Å². The minimum Gasteiger partial charge on any atom is -0.347 e. The molecule has 0 saturated carbocycles. The molecule has 0 N–H and O–H groups in total. The number of benzene rings is 1. The predicted molar refractivity (Wildman–Crippen MR) is 118 cm³/mol. The molecule has 1 aromatic heterocycles. The first-order chi connectivity index (χ1) is 13.0. The van der Waals surface area contributed by atoms with Gasteiger partial charge in [0, 0.05) is 42.3 Å². The Morgan fingerprint density at radius 2 is 1.74 bits per heavy atom. The predicted octanol–water partition coefficient (Wildman–Crippen LogP) is 6.57. The lowest BCUT2D eigenvalue weighted by Crippen LogP contribution is -2.20. The van der Waals surface area contributed by atoms with E-state index >= 15 is 0 Å². The van der Waals surface area contributed by atoms with E-state index in [0.29, 0.717) is 6.67 Å². The van der Waals surface area contributed by atoms with Gasteiger partial charge in [-0.25, -0.2) is 0 Å². The molecule has 0 aliphatic carbocycles. The molecule has 148 valence electrons. The van der Waals surface area contributed by atoms with Gasteiger partial charge in [-0.3, -0.25) is 4.42 Å². The van der Waals surface area contributed by atoms with E-state index in [9.17, 15) is 0 Å². The summed E-state index contributed by atoms with van der Waals surface area (Å²) in [6, 6.07) is 2.33. The van der Waals surface area contributed by atoms with E-state index in [1.54, 1.807) is 9.98 Å². The topological polar surface area (TPSA) is 11.4 Å². The minimum absolute atomic E-state index is 0.702. The van der Waals surface area contributed by atoms with Gasteiger partial charge in [0.2, 0.25) is 0 Å². The Balaban J connectivity index is 2.18. The van der Waals surface area contributed by atoms with Crippen molar-refractivity contribution in [3.8, 4) is 0 Å². The summed E-state index contributed by atoms with van der Waals surface area (Å²) in [7, 11) is 2.25. The van der Waals surface area contributed by atoms with Crippen LogP contribution in [0.5, 0.6) is 0 Å². The second-order valence-corrected chi connectivity index (χ2v) is 8.37. The van der Waals surface area contributed by atoms with Gasteiger partial charge in [0.15, 0.2) is 0 Å². The summed E-state index contributed by atoms with van der Waals surface area (Å²) in [6.45, 7) is 9.76. The standard InChI is InChI=1S/C23H34ClN3/c1-6-8-9-10-12-19-20(11-7-2)25(5)22-17(3)15-18(4)23(21(19)22)26-13-14-27(24)16-26/h13-15H,6-12,16H2,1-5H3. The fourth-order valence-electron chi connectivity index (χ4n) is 4.63. The molecule has 1 aliphatic rings. The molecule has 3 rings (SSSR count). The van der Waals surface area contributed by atoms with Gasteiger partial charge in [-0.05, 0) is 49.8 Å². The number of anilines is 1. The highest BCUT2D eigenvalue weighted by Gasteiger charge is 2.24. The average molecular weight is 388 g/mol. The van der Waals surface area contributed by atoms with Crippen LogP contribution in [0, 0.1) is 13.8 Å². The van der Waals surface area contributed by atoms with Gasteiger partial charge in [0.25, 0.3) is 0 Å². The van der Waals surface area contributed by atoms with Gasteiger partial charge in [-0.15, -0.1) is 0 Å². The van der Waals surface area contributed by atoms with Crippen molar-refractivity contribution in [1.29, 1.82) is 0 Å². The Morgan fingerprint density at radius 3 is 2.37 bits per heavy atom. The molecular weight excluding hydrogens is 354 g/mol. The van der Waals surface area contributed by atoms with Crippen LogP contribution in [0.3, 0.4) is 0 Å². The van der Waals surface area contributed by atoms with Crippen molar-refractivity contribution in [2.75, 3.05) is 11.6 Å². The molecular formula is C23H34ClN3. The number of halogens is 1. The summed E-state index contributed by atoms with van der Waals surface area (Å²) in [5.74, 6) is 0. The SMILES string of the molecule is CCCCCCc1c(CCC)n(C)c2c(C)cc(C)c(N3C=CN(Cl)C3)c12. The van der Waals surface area contributed by atoms with E-state index in [4.69, 9.17) is 11.8 Å². The fourth-order valence-corrected chi connectivity index (χ4v) is 4.79.